The summed E-state index contributed by atoms with van der Waals surface area (Å²) in [6, 6.07) is 3.80. The molecule has 1 aliphatic heterocycles. The van der Waals surface area contributed by atoms with Crippen molar-refractivity contribution in [2.75, 3.05) is 44.2 Å². The second-order valence-electron chi connectivity index (χ2n) is 4.99. The zero-order valence-corrected chi connectivity index (χ0v) is 13.3. The maximum atomic E-state index is 12.0. The molecular formula is C13H16BrF3N4O. The van der Waals surface area contributed by atoms with Crippen molar-refractivity contribution in [1.29, 1.82) is 0 Å². The number of halogens is 4. The fourth-order valence-corrected chi connectivity index (χ4v) is 2.38. The summed E-state index contributed by atoms with van der Waals surface area (Å²) < 4.78 is 36.9. The molecule has 0 unspecified atom stereocenters. The lowest BCUT2D eigenvalue weighted by molar-refractivity contribution is -0.139. The predicted molar refractivity (Wildman–Crippen MR) is 79.7 cm³/mol. The van der Waals surface area contributed by atoms with E-state index in [0.717, 1.165) is 10.3 Å². The number of carbonyl (C=O) groups excluding carboxylic acids is 1. The summed E-state index contributed by atoms with van der Waals surface area (Å²) in [7, 11) is 0. The average molecular weight is 381 g/mol. The largest absolute Gasteiger partial charge is 0.405 e. The Labute approximate surface area is 134 Å². The van der Waals surface area contributed by atoms with Crippen molar-refractivity contribution >= 4 is 27.7 Å². The summed E-state index contributed by atoms with van der Waals surface area (Å²) in [5.41, 5.74) is 0. The average Bonchev–Trinajstić information content (AvgIpc) is 2.46. The van der Waals surface area contributed by atoms with Crippen molar-refractivity contribution in [1.82, 2.24) is 15.2 Å². The smallest absolute Gasteiger partial charge is 0.354 e. The first-order chi connectivity index (χ1) is 10.3. The number of pyridine rings is 1. The number of carbonyl (C=O) groups is 1. The lowest BCUT2D eigenvalue weighted by atomic mass is 10.3. The molecule has 122 valence electrons. The van der Waals surface area contributed by atoms with Crippen LogP contribution in [0.1, 0.15) is 0 Å². The van der Waals surface area contributed by atoms with Crippen molar-refractivity contribution in [3.05, 3.63) is 22.8 Å². The zero-order chi connectivity index (χ0) is 16.2. The molecule has 2 rings (SSSR count). The summed E-state index contributed by atoms with van der Waals surface area (Å²) in [6.07, 6.45) is -2.66. The van der Waals surface area contributed by atoms with Crippen LogP contribution in [0, 0.1) is 0 Å². The number of nitrogens with zero attached hydrogens (tertiary/aromatic N) is 3. The van der Waals surface area contributed by atoms with Crippen LogP contribution in [-0.2, 0) is 4.79 Å². The highest BCUT2D eigenvalue weighted by Gasteiger charge is 2.28. The van der Waals surface area contributed by atoms with Crippen LogP contribution >= 0.6 is 15.9 Å². The first-order valence-corrected chi connectivity index (χ1v) is 7.55. The Bertz CT molecular complexity index is 501. The van der Waals surface area contributed by atoms with Gasteiger partial charge in [-0.05, 0) is 28.1 Å². The second kappa shape index (κ2) is 7.28. The van der Waals surface area contributed by atoms with Crippen LogP contribution < -0.4 is 10.2 Å². The molecule has 9 heteroatoms. The van der Waals surface area contributed by atoms with Gasteiger partial charge in [-0.15, -0.1) is 0 Å². The van der Waals surface area contributed by atoms with Gasteiger partial charge < -0.3 is 10.2 Å². The minimum atomic E-state index is -4.37. The number of aromatic nitrogens is 1. The van der Waals surface area contributed by atoms with E-state index in [4.69, 9.17) is 0 Å². The van der Waals surface area contributed by atoms with Gasteiger partial charge in [0.1, 0.15) is 12.4 Å². The molecule has 0 aliphatic carbocycles. The lowest BCUT2D eigenvalue weighted by Gasteiger charge is -2.35. The summed E-state index contributed by atoms with van der Waals surface area (Å²) in [6.45, 7) is 1.28. The molecule has 1 fully saturated rings. The highest BCUT2D eigenvalue weighted by molar-refractivity contribution is 9.10. The van der Waals surface area contributed by atoms with Crippen molar-refractivity contribution in [3.8, 4) is 0 Å². The predicted octanol–water partition coefficient (Wildman–Crippen LogP) is 1.64. The van der Waals surface area contributed by atoms with Crippen molar-refractivity contribution in [3.63, 3.8) is 0 Å². The monoisotopic (exact) mass is 380 g/mol. The van der Waals surface area contributed by atoms with Gasteiger partial charge in [-0.25, -0.2) is 4.98 Å². The molecule has 2 heterocycles. The zero-order valence-electron chi connectivity index (χ0n) is 11.7. The van der Waals surface area contributed by atoms with Gasteiger partial charge in [-0.3, -0.25) is 9.69 Å². The number of rotatable bonds is 4. The van der Waals surface area contributed by atoms with Gasteiger partial charge in [0.05, 0.1) is 6.54 Å². The van der Waals surface area contributed by atoms with E-state index >= 15 is 0 Å². The van der Waals surface area contributed by atoms with Gasteiger partial charge >= 0.3 is 6.18 Å². The van der Waals surface area contributed by atoms with Gasteiger partial charge in [0.25, 0.3) is 0 Å². The first-order valence-electron chi connectivity index (χ1n) is 6.76. The molecule has 1 N–H and O–H groups in total. The molecule has 1 aliphatic rings. The Morgan fingerprint density at radius 1 is 1.27 bits per heavy atom. The highest BCUT2D eigenvalue weighted by atomic mass is 79.9. The molecule has 0 atom stereocenters. The van der Waals surface area contributed by atoms with E-state index < -0.39 is 18.6 Å². The van der Waals surface area contributed by atoms with Crippen molar-refractivity contribution < 1.29 is 18.0 Å². The molecule has 1 aromatic heterocycles. The molecule has 0 aromatic carbocycles. The van der Waals surface area contributed by atoms with E-state index in [1.54, 1.807) is 6.20 Å². The van der Waals surface area contributed by atoms with Crippen LogP contribution in [0.15, 0.2) is 22.8 Å². The standard InChI is InChI=1S/C13H16BrF3N4O/c14-10-1-2-11(18-7-10)21-5-3-20(4-6-21)8-12(22)19-9-13(15,16)17/h1-2,7H,3-6,8-9H2,(H,19,22). The Balaban J connectivity index is 1.75. The summed E-state index contributed by atoms with van der Waals surface area (Å²) in [4.78, 5) is 19.7. The van der Waals surface area contributed by atoms with Crippen LogP contribution in [-0.4, -0.2) is 61.2 Å². The van der Waals surface area contributed by atoms with Gasteiger partial charge in [-0.1, -0.05) is 0 Å². The van der Waals surface area contributed by atoms with Gasteiger partial charge in [-0.2, -0.15) is 13.2 Å². The Morgan fingerprint density at radius 3 is 2.50 bits per heavy atom. The van der Waals surface area contributed by atoms with Gasteiger partial charge in [0.15, 0.2) is 0 Å². The molecule has 1 aromatic rings. The summed E-state index contributed by atoms with van der Waals surface area (Å²) in [5.74, 6) is 0.247. The van der Waals surface area contributed by atoms with Crippen LogP contribution in [0.5, 0.6) is 0 Å². The van der Waals surface area contributed by atoms with E-state index in [2.05, 4.69) is 25.8 Å². The molecule has 0 radical (unpaired) electrons. The van der Waals surface area contributed by atoms with E-state index in [-0.39, 0.29) is 6.54 Å². The quantitative estimate of drug-likeness (QED) is 0.862. The van der Waals surface area contributed by atoms with E-state index in [1.807, 2.05) is 22.3 Å². The molecule has 22 heavy (non-hydrogen) atoms. The number of amides is 1. The highest BCUT2D eigenvalue weighted by Crippen LogP contribution is 2.16. The van der Waals surface area contributed by atoms with Gasteiger partial charge in [0, 0.05) is 36.8 Å². The fraction of sp³-hybridized carbons (Fsp3) is 0.538. The van der Waals surface area contributed by atoms with Crippen LogP contribution in [0.4, 0.5) is 19.0 Å². The van der Waals surface area contributed by atoms with E-state index in [9.17, 15) is 18.0 Å². The maximum absolute atomic E-state index is 12.0. The molecule has 0 saturated carbocycles. The maximum Gasteiger partial charge on any atom is 0.405 e. The van der Waals surface area contributed by atoms with Gasteiger partial charge in [0.2, 0.25) is 5.91 Å². The molecule has 0 spiro atoms. The SMILES string of the molecule is O=C(CN1CCN(c2ccc(Br)cn2)CC1)NCC(F)(F)F. The minimum absolute atomic E-state index is 0.0162. The Morgan fingerprint density at radius 2 is 1.95 bits per heavy atom. The number of piperazine rings is 1. The number of nitrogens with one attached hydrogen (secondary N) is 1. The number of hydrogen-bond acceptors (Lipinski definition) is 4. The summed E-state index contributed by atoms with van der Waals surface area (Å²) in [5, 5.41) is 1.88. The minimum Gasteiger partial charge on any atom is -0.354 e. The number of alkyl halides is 3. The third-order valence-electron chi connectivity index (χ3n) is 3.26. The molecular weight excluding hydrogens is 365 g/mol. The fourth-order valence-electron chi connectivity index (χ4n) is 2.15. The Kier molecular flexibility index (Phi) is 5.63. The third kappa shape index (κ3) is 5.45. The van der Waals surface area contributed by atoms with Crippen molar-refractivity contribution in [2.45, 2.75) is 6.18 Å². The Hall–Kier alpha value is -1.35. The number of anilines is 1. The van der Waals surface area contributed by atoms with E-state index in [0.29, 0.717) is 26.2 Å². The molecule has 5 nitrogen and oxygen atoms in total. The summed E-state index contributed by atoms with van der Waals surface area (Å²) >= 11 is 3.32. The molecule has 1 amide bonds. The lowest BCUT2D eigenvalue weighted by Crippen LogP contribution is -2.50. The third-order valence-corrected chi connectivity index (χ3v) is 3.73. The van der Waals surface area contributed by atoms with Crippen LogP contribution in [0.25, 0.3) is 0 Å². The van der Waals surface area contributed by atoms with E-state index in [1.165, 1.54) is 0 Å². The molecule has 0 bridgehead atoms. The normalized spacial score (nSPS) is 16.6. The topological polar surface area (TPSA) is 48.5 Å². The van der Waals surface area contributed by atoms with Crippen LogP contribution in [0.3, 0.4) is 0 Å². The second-order valence-corrected chi connectivity index (χ2v) is 5.91. The van der Waals surface area contributed by atoms with Crippen LogP contribution in [0.2, 0.25) is 0 Å². The first kappa shape index (κ1) is 17.0. The number of hydrogen-bond donors (Lipinski definition) is 1. The molecule has 1 saturated heterocycles. The van der Waals surface area contributed by atoms with Crippen molar-refractivity contribution in [2.24, 2.45) is 0 Å².